The Kier molecular flexibility index (Phi) is 5.06. The van der Waals surface area contributed by atoms with Crippen LogP contribution in [0.2, 0.25) is 10.0 Å². The van der Waals surface area contributed by atoms with Crippen molar-refractivity contribution in [1.29, 1.82) is 0 Å². The molecule has 0 aromatic heterocycles. The fourth-order valence-corrected chi connectivity index (χ4v) is 2.26. The van der Waals surface area contributed by atoms with E-state index in [0.717, 1.165) is 6.07 Å². The molecule has 2 aromatic carbocycles. The lowest BCUT2D eigenvalue weighted by atomic mass is 10.1. The quantitative estimate of drug-likeness (QED) is 0.496. The lowest BCUT2D eigenvalue weighted by Crippen LogP contribution is -1.97. The van der Waals surface area contributed by atoms with Crippen molar-refractivity contribution >= 4 is 35.1 Å². The molecule has 0 saturated carbocycles. The van der Waals surface area contributed by atoms with Crippen molar-refractivity contribution < 1.29 is 19.0 Å². The highest BCUT2D eigenvalue weighted by Crippen LogP contribution is 2.27. The first-order chi connectivity index (χ1) is 10.4. The van der Waals surface area contributed by atoms with Crippen LogP contribution in [0.1, 0.15) is 15.9 Å². The van der Waals surface area contributed by atoms with Crippen molar-refractivity contribution in [3.8, 4) is 11.5 Å². The normalized spacial score (nSPS) is 10.9. The second-order valence-corrected chi connectivity index (χ2v) is 5.19. The number of hydrogen-bond acceptors (Lipinski definition) is 3. The molecule has 2 aromatic rings. The van der Waals surface area contributed by atoms with Gasteiger partial charge in [-0.3, -0.25) is 4.79 Å². The number of carbonyl (C=O) groups is 1. The van der Waals surface area contributed by atoms with Crippen LogP contribution in [0.25, 0.3) is 6.08 Å². The Morgan fingerprint density at radius 1 is 1.23 bits per heavy atom. The summed E-state index contributed by atoms with van der Waals surface area (Å²) in [5, 5.41) is 9.58. The molecule has 3 nitrogen and oxygen atoms in total. The van der Waals surface area contributed by atoms with Crippen molar-refractivity contribution in [2.24, 2.45) is 0 Å². The Morgan fingerprint density at radius 3 is 2.59 bits per heavy atom. The van der Waals surface area contributed by atoms with E-state index in [1.54, 1.807) is 12.1 Å². The zero-order valence-electron chi connectivity index (χ0n) is 11.4. The molecule has 0 fully saturated rings. The molecule has 0 aliphatic carbocycles. The second kappa shape index (κ2) is 6.81. The molecule has 22 heavy (non-hydrogen) atoms. The van der Waals surface area contributed by atoms with E-state index in [4.69, 9.17) is 27.9 Å². The van der Waals surface area contributed by atoms with Crippen LogP contribution >= 0.6 is 23.2 Å². The van der Waals surface area contributed by atoms with Gasteiger partial charge in [0.1, 0.15) is 5.82 Å². The average Bonchev–Trinajstić information content (AvgIpc) is 2.48. The van der Waals surface area contributed by atoms with E-state index >= 15 is 0 Å². The van der Waals surface area contributed by atoms with Gasteiger partial charge < -0.3 is 9.84 Å². The van der Waals surface area contributed by atoms with Crippen LogP contribution in [0.5, 0.6) is 11.5 Å². The zero-order chi connectivity index (χ0) is 16.3. The highest BCUT2D eigenvalue weighted by atomic mass is 35.5. The Bertz CT molecular complexity index is 757. The Morgan fingerprint density at radius 2 is 1.95 bits per heavy atom. The van der Waals surface area contributed by atoms with Gasteiger partial charge in [-0.1, -0.05) is 35.3 Å². The molecule has 0 heterocycles. The van der Waals surface area contributed by atoms with Gasteiger partial charge in [0.25, 0.3) is 0 Å². The fraction of sp³-hybridized carbons (Fsp3) is 0.0625. The lowest BCUT2D eigenvalue weighted by molar-refractivity contribution is 0.104. The summed E-state index contributed by atoms with van der Waals surface area (Å²) in [7, 11) is 1.44. The van der Waals surface area contributed by atoms with Crippen LogP contribution in [0.15, 0.2) is 36.4 Å². The number of allylic oxidation sites excluding steroid dienone is 1. The van der Waals surface area contributed by atoms with Gasteiger partial charge in [-0.15, -0.1) is 0 Å². The van der Waals surface area contributed by atoms with Crippen molar-refractivity contribution in [2.45, 2.75) is 0 Å². The number of ether oxygens (including phenoxy) is 1. The van der Waals surface area contributed by atoms with Crippen molar-refractivity contribution in [2.75, 3.05) is 7.11 Å². The molecule has 0 amide bonds. The number of carbonyl (C=O) groups excluding carboxylic acids is 1. The summed E-state index contributed by atoms with van der Waals surface area (Å²) in [6, 6.07) is 6.83. The Hall–Kier alpha value is -2.04. The van der Waals surface area contributed by atoms with Crippen molar-refractivity contribution in [3.63, 3.8) is 0 Å². The molecule has 1 N–H and O–H groups in total. The third kappa shape index (κ3) is 3.59. The fourth-order valence-electron chi connectivity index (χ4n) is 1.78. The van der Waals surface area contributed by atoms with E-state index in [2.05, 4.69) is 0 Å². The van der Waals surface area contributed by atoms with Gasteiger partial charge >= 0.3 is 0 Å². The summed E-state index contributed by atoms with van der Waals surface area (Å²) in [5.74, 6) is -0.917. The van der Waals surface area contributed by atoms with Crippen LogP contribution in [0.4, 0.5) is 4.39 Å². The van der Waals surface area contributed by atoms with E-state index in [0.29, 0.717) is 11.3 Å². The number of ketones is 1. The largest absolute Gasteiger partial charge is 0.504 e. The summed E-state index contributed by atoms with van der Waals surface area (Å²) < 4.78 is 18.3. The molecule has 0 radical (unpaired) electrons. The van der Waals surface area contributed by atoms with Gasteiger partial charge in [0, 0.05) is 5.56 Å². The maximum Gasteiger partial charge on any atom is 0.187 e. The topological polar surface area (TPSA) is 46.5 Å². The summed E-state index contributed by atoms with van der Waals surface area (Å²) >= 11 is 11.5. The highest BCUT2D eigenvalue weighted by molar-refractivity contribution is 6.37. The monoisotopic (exact) mass is 340 g/mol. The van der Waals surface area contributed by atoms with Crippen LogP contribution in [-0.4, -0.2) is 18.0 Å². The van der Waals surface area contributed by atoms with Gasteiger partial charge in [-0.2, -0.15) is 0 Å². The summed E-state index contributed by atoms with van der Waals surface area (Å²) in [6.07, 6.45) is 2.71. The molecule has 0 saturated heterocycles. The average molecular weight is 341 g/mol. The number of phenolic OH excluding ortho intramolecular Hbond substituents is 1. The number of methoxy groups -OCH3 is 1. The van der Waals surface area contributed by atoms with Gasteiger partial charge in [-0.25, -0.2) is 4.39 Å². The first-order valence-electron chi connectivity index (χ1n) is 6.16. The van der Waals surface area contributed by atoms with E-state index in [1.165, 1.54) is 31.4 Å². The number of halogens is 3. The number of hydrogen-bond donors (Lipinski definition) is 1. The third-order valence-electron chi connectivity index (χ3n) is 2.91. The molecule has 0 atom stereocenters. The first kappa shape index (κ1) is 16.3. The van der Waals surface area contributed by atoms with E-state index < -0.39 is 11.6 Å². The molecular formula is C16H11Cl2FO3. The number of rotatable bonds is 4. The molecule has 0 spiro atoms. The van der Waals surface area contributed by atoms with Gasteiger partial charge in [-0.05, 0) is 35.9 Å². The molecule has 2 rings (SSSR count). The molecule has 0 bridgehead atoms. The highest BCUT2D eigenvalue weighted by Gasteiger charge is 2.12. The Balaban J connectivity index is 2.25. The predicted octanol–water partition coefficient (Wildman–Crippen LogP) is 4.74. The molecule has 0 aliphatic heterocycles. The van der Waals surface area contributed by atoms with Crippen LogP contribution in [-0.2, 0) is 0 Å². The molecule has 114 valence electrons. The van der Waals surface area contributed by atoms with E-state index in [-0.39, 0.29) is 21.4 Å². The van der Waals surface area contributed by atoms with E-state index in [1.807, 2.05) is 0 Å². The van der Waals surface area contributed by atoms with E-state index in [9.17, 15) is 14.3 Å². The minimum Gasteiger partial charge on any atom is -0.504 e. The second-order valence-electron chi connectivity index (χ2n) is 4.38. The molecular weight excluding hydrogens is 330 g/mol. The van der Waals surface area contributed by atoms with Crippen molar-refractivity contribution in [1.82, 2.24) is 0 Å². The molecule has 6 heteroatoms. The maximum atomic E-state index is 13.4. The lowest BCUT2D eigenvalue weighted by Gasteiger charge is -2.04. The van der Waals surface area contributed by atoms with Crippen LogP contribution < -0.4 is 4.74 Å². The zero-order valence-corrected chi connectivity index (χ0v) is 13.0. The maximum absolute atomic E-state index is 13.4. The number of benzene rings is 2. The summed E-state index contributed by atoms with van der Waals surface area (Å²) in [5.41, 5.74) is 0.592. The van der Waals surface area contributed by atoms with Crippen LogP contribution in [0.3, 0.4) is 0 Å². The van der Waals surface area contributed by atoms with Crippen LogP contribution in [0, 0.1) is 5.82 Å². The number of phenols is 1. The summed E-state index contributed by atoms with van der Waals surface area (Å²) in [6.45, 7) is 0. The minimum absolute atomic E-state index is 0.0116. The summed E-state index contributed by atoms with van der Waals surface area (Å²) in [4.78, 5) is 12.0. The Labute approximate surface area is 136 Å². The predicted molar refractivity (Wildman–Crippen MR) is 84.4 cm³/mol. The van der Waals surface area contributed by atoms with Gasteiger partial charge in [0.15, 0.2) is 17.3 Å². The third-order valence-corrected chi connectivity index (χ3v) is 3.51. The van der Waals surface area contributed by atoms with Gasteiger partial charge in [0.05, 0.1) is 17.2 Å². The standard InChI is InChI=1S/C16H11Cl2FO3/c1-22-16-5-3-9(6-15(16)21)2-4-14(20)10-7-13(19)12(18)8-11(10)17/h2-8,21H,1H3/b4-2+. The minimum atomic E-state index is -0.718. The molecule has 0 aliphatic rings. The smallest absolute Gasteiger partial charge is 0.187 e. The molecule has 0 unspecified atom stereocenters. The first-order valence-corrected chi connectivity index (χ1v) is 6.92. The SMILES string of the molecule is COc1ccc(/C=C/C(=O)c2cc(F)c(Cl)cc2Cl)cc1O. The number of aromatic hydroxyl groups is 1. The van der Waals surface area contributed by atoms with Gasteiger partial charge in [0.2, 0.25) is 0 Å². The van der Waals surface area contributed by atoms with Crippen molar-refractivity contribution in [3.05, 3.63) is 63.4 Å².